The molecule has 1 amide bonds. The molecule has 0 aliphatic heterocycles. The first-order valence-electron chi connectivity index (χ1n) is 4.67. The summed E-state index contributed by atoms with van der Waals surface area (Å²) in [5, 5.41) is 2.46. The van der Waals surface area contributed by atoms with Gasteiger partial charge in [0.2, 0.25) is 5.91 Å². The van der Waals surface area contributed by atoms with Crippen molar-refractivity contribution in [2.45, 2.75) is 19.8 Å². The summed E-state index contributed by atoms with van der Waals surface area (Å²) < 4.78 is 4.38. The number of nitrogens with two attached hydrogens (primary N) is 1. The Labute approximate surface area is 84.0 Å². The third-order valence-corrected chi connectivity index (χ3v) is 2.04. The molecule has 5 nitrogen and oxygen atoms in total. The lowest BCUT2D eigenvalue weighted by atomic mass is 10.0. The van der Waals surface area contributed by atoms with Crippen molar-refractivity contribution in [3.05, 3.63) is 0 Å². The average molecular weight is 202 g/mol. The van der Waals surface area contributed by atoms with Crippen LogP contribution in [0.3, 0.4) is 0 Å². The van der Waals surface area contributed by atoms with Gasteiger partial charge in [0.05, 0.1) is 7.11 Å². The van der Waals surface area contributed by atoms with E-state index in [4.69, 9.17) is 5.73 Å². The van der Waals surface area contributed by atoms with Crippen molar-refractivity contribution < 1.29 is 14.3 Å². The van der Waals surface area contributed by atoms with E-state index in [0.29, 0.717) is 13.0 Å². The van der Waals surface area contributed by atoms with Crippen LogP contribution in [0.25, 0.3) is 0 Å². The molecular formula is C9H18N2O3. The van der Waals surface area contributed by atoms with Crippen molar-refractivity contribution in [3.8, 4) is 0 Å². The van der Waals surface area contributed by atoms with Crippen LogP contribution in [0.1, 0.15) is 19.8 Å². The van der Waals surface area contributed by atoms with Gasteiger partial charge >= 0.3 is 5.97 Å². The van der Waals surface area contributed by atoms with Crippen molar-refractivity contribution in [2.75, 3.05) is 20.2 Å². The largest absolute Gasteiger partial charge is 0.468 e. The fourth-order valence-corrected chi connectivity index (χ4v) is 0.972. The van der Waals surface area contributed by atoms with Gasteiger partial charge < -0.3 is 15.8 Å². The molecule has 0 aliphatic rings. The summed E-state index contributed by atoms with van der Waals surface area (Å²) in [4.78, 5) is 21.9. The highest BCUT2D eigenvalue weighted by Crippen LogP contribution is 2.04. The van der Waals surface area contributed by atoms with Crippen LogP contribution in [-0.2, 0) is 14.3 Å². The Morgan fingerprint density at radius 3 is 2.57 bits per heavy atom. The Morgan fingerprint density at radius 2 is 2.14 bits per heavy atom. The molecule has 0 aromatic rings. The van der Waals surface area contributed by atoms with Crippen LogP contribution >= 0.6 is 0 Å². The maximum absolute atomic E-state index is 11.2. The van der Waals surface area contributed by atoms with E-state index < -0.39 is 5.97 Å². The van der Waals surface area contributed by atoms with Crippen LogP contribution in [0.5, 0.6) is 0 Å². The van der Waals surface area contributed by atoms with Gasteiger partial charge in [-0.2, -0.15) is 0 Å². The quantitative estimate of drug-likeness (QED) is 0.577. The highest BCUT2D eigenvalue weighted by Gasteiger charge is 2.11. The molecule has 0 aliphatic carbocycles. The zero-order chi connectivity index (χ0) is 11.0. The topological polar surface area (TPSA) is 81.4 Å². The number of esters is 1. The number of nitrogens with one attached hydrogen (secondary N) is 1. The van der Waals surface area contributed by atoms with Gasteiger partial charge in [0.1, 0.15) is 6.54 Å². The lowest BCUT2D eigenvalue weighted by Crippen LogP contribution is -2.32. The van der Waals surface area contributed by atoms with Gasteiger partial charge in [-0.15, -0.1) is 0 Å². The third-order valence-electron chi connectivity index (χ3n) is 2.04. The molecule has 0 saturated heterocycles. The zero-order valence-electron chi connectivity index (χ0n) is 8.71. The van der Waals surface area contributed by atoms with Gasteiger partial charge in [0, 0.05) is 6.42 Å². The highest BCUT2D eigenvalue weighted by atomic mass is 16.5. The molecule has 0 bridgehead atoms. The molecule has 0 radical (unpaired) electrons. The summed E-state index contributed by atoms with van der Waals surface area (Å²) >= 11 is 0. The number of hydrogen-bond donors (Lipinski definition) is 2. The Hall–Kier alpha value is -1.10. The molecule has 0 fully saturated rings. The van der Waals surface area contributed by atoms with Crippen molar-refractivity contribution in [1.82, 2.24) is 5.32 Å². The maximum Gasteiger partial charge on any atom is 0.325 e. The van der Waals surface area contributed by atoms with Crippen LogP contribution in [0.15, 0.2) is 0 Å². The summed E-state index contributed by atoms with van der Waals surface area (Å²) in [6, 6.07) is 0. The predicted octanol–water partition coefficient (Wildman–Crippen LogP) is -0.349. The first-order valence-corrected chi connectivity index (χ1v) is 4.67. The van der Waals surface area contributed by atoms with E-state index >= 15 is 0 Å². The first-order chi connectivity index (χ1) is 6.63. The number of methoxy groups -OCH3 is 1. The minimum absolute atomic E-state index is 0.0731. The molecule has 0 rings (SSSR count). The Balaban J connectivity index is 3.69. The van der Waals surface area contributed by atoms with Crippen molar-refractivity contribution in [3.63, 3.8) is 0 Å². The van der Waals surface area contributed by atoms with E-state index in [9.17, 15) is 9.59 Å². The lowest BCUT2D eigenvalue weighted by molar-refractivity contribution is -0.141. The van der Waals surface area contributed by atoms with Crippen LogP contribution in [0.4, 0.5) is 0 Å². The number of ether oxygens (including phenoxy) is 1. The molecule has 5 heteroatoms. The summed E-state index contributed by atoms with van der Waals surface area (Å²) in [5.74, 6) is -0.417. The second-order valence-corrected chi connectivity index (χ2v) is 3.07. The van der Waals surface area contributed by atoms with E-state index in [1.165, 1.54) is 7.11 Å². The van der Waals surface area contributed by atoms with Crippen LogP contribution in [-0.4, -0.2) is 32.1 Å². The number of carbonyl (C=O) groups excluding carboxylic acids is 2. The van der Waals surface area contributed by atoms with Crippen molar-refractivity contribution >= 4 is 11.9 Å². The summed E-state index contributed by atoms with van der Waals surface area (Å²) in [6.45, 7) is 2.39. The van der Waals surface area contributed by atoms with Gasteiger partial charge in [-0.1, -0.05) is 13.3 Å². The SMILES string of the molecule is CCC(CN)CC(=O)NCC(=O)OC. The molecule has 0 heterocycles. The first kappa shape index (κ1) is 12.9. The van der Waals surface area contributed by atoms with E-state index in [-0.39, 0.29) is 18.4 Å². The third kappa shape index (κ3) is 5.53. The van der Waals surface area contributed by atoms with Gasteiger partial charge in [-0.05, 0) is 12.5 Å². The molecule has 0 spiro atoms. The summed E-state index contributed by atoms with van der Waals surface area (Å²) in [6.07, 6.45) is 1.23. The van der Waals surface area contributed by atoms with Gasteiger partial charge in [-0.25, -0.2) is 0 Å². The molecule has 0 saturated carbocycles. The molecule has 82 valence electrons. The van der Waals surface area contributed by atoms with Crippen molar-refractivity contribution in [2.24, 2.45) is 11.7 Å². The second kappa shape index (κ2) is 7.32. The molecule has 14 heavy (non-hydrogen) atoms. The van der Waals surface area contributed by atoms with Crippen molar-refractivity contribution in [1.29, 1.82) is 0 Å². The van der Waals surface area contributed by atoms with Crippen LogP contribution < -0.4 is 11.1 Å². The lowest BCUT2D eigenvalue weighted by Gasteiger charge is -2.11. The van der Waals surface area contributed by atoms with E-state index in [1.54, 1.807) is 0 Å². The molecule has 1 unspecified atom stereocenters. The molecule has 0 aromatic heterocycles. The van der Waals surface area contributed by atoms with Gasteiger partial charge in [0.25, 0.3) is 0 Å². The minimum Gasteiger partial charge on any atom is -0.468 e. The number of carbonyl (C=O) groups is 2. The van der Waals surface area contributed by atoms with E-state index in [1.807, 2.05) is 6.92 Å². The zero-order valence-corrected chi connectivity index (χ0v) is 8.71. The minimum atomic E-state index is -0.445. The standard InChI is InChI=1S/C9H18N2O3/c1-3-7(5-10)4-8(12)11-6-9(13)14-2/h7H,3-6,10H2,1-2H3,(H,11,12). The maximum atomic E-state index is 11.2. The molecule has 3 N–H and O–H groups in total. The Bertz CT molecular complexity index is 190. The van der Waals surface area contributed by atoms with Gasteiger partial charge in [-0.3, -0.25) is 9.59 Å². The number of amides is 1. The second-order valence-electron chi connectivity index (χ2n) is 3.07. The summed E-state index contributed by atoms with van der Waals surface area (Å²) in [5.41, 5.74) is 5.44. The van der Waals surface area contributed by atoms with Crippen LogP contribution in [0.2, 0.25) is 0 Å². The number of hydrogen-bond acceptors (Lipinski definition) is 4. The fourth-order valence-electron chi connectivity index (χ4n) is 0.972. The normalized spacial score (nSPS) is 11.9. The van der Waals surface area contributed by atoms with E-state index in [2.05, 4.69) is 10.1 Å². The van der Waals surface area contributed by atoms with E-state index in [0.717, 1.165) is 6.42 Å². The monoisotopic (exact) mass is 202 g/mol. The molecule has 1 atom stereocenters. The average Bonchev–Trinajstić information content (AvgIpc) is 2.22. The van der Waals surface area contributed by atoms with Gasteiger partial charge in [0.15, 0.2) is 0 Å². The molecular weight excluding hydrogens is 184 g/mol. The van der Waals surface area contributed by atoms with Crippen LogP contribution in [0, 0.1) is 5.92 Å². The Morgan fingerprint density at radius 1 is 1.50 bits per heavy atom. The molecule has 0 aromatic carbocycles. The highest BCUT2D eigenvalue weighted by molar-refractivity contribution is 5.81. The smallest absolute Gasteiger partial charge is 0.325 e. The predicted molar refractivity (Wildman–Crippen MR) is 52.5 cm³/mol. The Kier molecular flexibility index (Phi) is 6.74. The summed E-state index contributed by atoms with van der Waals surface area (Å²) in [7, 11) is 1.28. The number of rotatable bonds is 6. The fraction of sp³-hybridized carbons (Fsp3) is 0.778.